The van der Waals surface area contributed by atoms with Gasteiger partial charge < -0.3 is 19.7 Å². The van der Waals surface area contributed by atoms with Gasteiger partial charge in [-0.05, 0) is 44.4 Å². The molecule has 1 saturated heterocycles. The van der Waals surface area contributed by atoms with Crippen LogP contribution in [0.5, 0.6) is 11.5 Å². The Hall–Kier alpha value is -2.24. The second-order valence-electron chi connectivity index (χ2n) is 7.39. The Morgan fingerprint density at radius 3 is 2.65 bits per heavy atom. The van der Waals surface area contributed by atoms with Crippen LogP contribution in [0.25, 0.3) is 0 Å². The maximum atomic E-state index is 13.0. The van der Waals surface area contributed by atoms with Gasteiger partial charge in [0.2, 0.25) is 11.8 Å². The van der Waals surface area contributed by atoms with E-state index in [9.17, 15) is 9.59 Å². The molecular weight excluding hydrogens is 332 g/mol. The van der Waals surface area contributed by atoms with Crippen LogP contribution in [0.2, 0.25) is 0 Å². The number of nitrogens with zero attached hydrogens (tertiary/aromatic N) is 1. The van der Waals surface area contributed by atoms with E-state index >= 15 is 0 Å². The van der Waals surface area contributed by atoms with Crippen LogP contribution in [-0.2, 0) is 16.1 Å². The maximum absolute atomic E-state index is 13.0. The molecule has 1 aromatic carbocycles. The summed E-state index contributed by atoms with van der Waals surface area (Å²) >= 11 is 0. The zero-order valence-corrected chi connectivity index (χ0v) is 15.8. The Labute approximate surface area is 154 Å². The molecule has 1 saturated carbocycles. The fourth-order valence-electron chi connectivity index (χ4n) is 3.98. The first kappa shape index (κ1) is 18.5. The SMILES string of the molecule is COc1ccc(OC)c(CN2C(=O)CC[C@]2(C)C(=O)NC2CCCC2)c1. The fourth-order valence-corrected chi connectivity index (χ4v) is 3.98. The third-order valence-electron chi connectivity index (χ3n) is 5.72. The largest absolute Gasteiger partial charge is 0.497 e. The normalized spacial score (nSPS) is 23.3. The number of hydrogen-bond acceptors (Lipinski definition) is 4. The van der Waals surface area contributed by atoms with Crippen LogP contribution in [0.1, 0.15) is 51.0 Å². The average Bonchev–Trinajstić information content (AvgIpc) is 3.25. The molecular formula is C20H28N2O4. The first-order valence-electron chi connectivity index (χ1n) is 9.30. The van der Waals surface area contributed by atoms with Crippen molar-refractivity contribution in [2.75, 3.05) is 14.2 Å². The van der Waals surface area contributed by atoms with Crippen molar-refractivity contribution >= 4 is 11.8 Å². The molecule has 1 atom stereocenters. The van der Waals surface area contributed by atoms with Crippen molar-refractivity contribution in [2.45, 2.75) is 63.6 Å². The summed E-state index contributed by atoms with van der Waals surface area (Å²) in [7, 11) is 3.20. The number of carbonyl (C=O) groups is 2. The van der Waals surface area contributed by atoms with Gasteiger partial charge in [0.05, 0.1) is 20.8 Å². The quantitative estimate of drug-likeness (QED) is 0.847. The summed E-state index contributed by atoms with van der Waals surface area (Å²) in [4.78, 5) is 27.2. The number of methoxy groups -OCH3 is 2. The van der Waals surface area contributed by atoms with Gasteiger partial charge in [0, 0.05) is 18.0 Å². The highest BCUT2D eigenvalue weighted by Crippen LogP contribution is 2.35. The predicted molar refractivity (Wildman–Crippen MR) is 98.1 cm³/mol. The van der Waals surface area contributed by atoms with Crippen LogP contribution in [0.3, 0.4) is 0 Å². The van der Waals surface area contributed by atoms with E-state index in [0.29, 0.717) is 30.9 Å². The first-order chi connectivity index (χ1) is 12.5. The standard InChI is InChI=1S/C20H28N2O4/c1-20(19(24)21-15-6-4-5-7-15)11-10-18(23)22(20)13-14-12-16(25-2)8-9-17(14)26-3/h8-9,12,15H,4-7,10-11,13H2,1-3H3,(H,21,24)/t20-/m1/s1. The van der Waals surface area contributed by atoms with Crippen molar-refractivity contribution in [1.82, 2.24) is 10.2 Å². The highest BCUT2D eigenvalue weighted by atomic mass is 16.5. The zero-order chi connectivity index (χ0) is 18.7. The monoisotopic (exact) mass is 360 g/mol. The van der Waals surface area contributed by atoms with Crippen molar-refractivity contribution in [3.05, 3.63) is 23.8 Å². The van der Waals surface area contributed by atoms with E-state index in [2.05, 4.69) is 5.32 Å². The number of benzene rings is 1. The Morgan fingerprint density at radius 1 is 1.27 bits per heavy atom. The fraction of sp³-hybridized carbons (Fsp3) is 0.600. The molecule has 1 heterocycles. The van der Waals surface area contributed by atoms with E-state index in [0.717, 1.165) is 31.2 Å². The Morgan fingerprint density at radius 2 is 2.00 bits per heavy atom. The van der Waals surface area contributed by atoms with Crippen LogP contribution in [0, 0.1) is 0 Å². The molecule has 0 unspecified atom stereocenters. The smallest absolute Gasteiger partial charge is 0.245 e. The number of likely N-dealkylation sites (tertiary alicyclic amines) is 1. The summed E-state index contributed by atoms with van der Waals surface area (Å²) < 4.78 is 10.7. The number of hydrogen-bond donors (Lipinski definition) is 1. The molecule has 1 N–H and O–H groups in total. The van der Waals surface area contributed by atoms with Gasteiger partial charge in [0.1, 0.15) is 17.0 Å². The Balaban J connectivity index is 1.82. The summed E-state index contributed by atoms with van der Waals surface area (Å²) in [6.07, 6.45) is 5.30. The van der Waals surface area contributed by atoms with Crippen molar-refractivity contribution in [2.24, 2.45) is 0 Å². The predicted octanol–water partition coefficient (Wildman–Crippen LogP) is 2.64. The summed E-state index contributed by atoms with van der Waals surface area (Å²) in [6, 6.07) is 5.74. The molecule has 3 rings (SSSR count). The lowest BCUT2D eigenvalue weighted by Gasteiger charge is -2.35. The minimum absolute atomic E-state index is 0.000977. The minimum atomic E-state index is -0.826. The summed E-state index contributed by atoms with van der Waals surface area (Å²) in [5.41, 5.74) is 0.00954. The van der Waals surface area contributed by atoms with Crippen molar-refractivity contribution in [1.29, 1.82) is 0 Å². The van der Waals surface area contributed by atoms with Crippen molar-refractivity contribution in [3.8, 4) is 11.5 Å². The van der Waals surface area contributed by atoms with Crippen LogP contribution >= 0.6 is 0 Å². The molecule has 2 fully saturated rings. The second kappa shape index (κ2) is 7.56. The molecule has 1 aliphatic heterocycles. The molecule has 6 heteroatoms. The van der Waals surface area contributed by atoms with Crippen molar-refractivity contribution in [3.63, 3.8) is 0 Å². The van der Waals surface area contributed by atoms with Gasteiger partial charge in [-0.15, -0.1) is 0 Å². The molecule has 142 valence electrons. The lowest BCUT2D eigenvalue weighted by atomic mass is 9.96. The maximum Gasteiger partial charge on any atom is 0.245 e. The molecule has 0 radical (unpaired) electrons. The number of ether oxygens (including phenoxy) is 2. The zero-order valence-electron chi connectivity index (χ0n) is 15.8. The second-order valence-corrected chi connectivity index (χ2v) is 7.39. The minimum Gasteiger partial charge on any atom is -0.497 e. The topological polar surface area (TPSA) is 67.9 Å². The summed E-state index contributed by atoms with van der Waals surface area (Å²) in [6.45, 7) is 2.20. The highest BCUT2D eigenvalue weighted by Gasteiger charge is 2.47. The van der Waals surface area contributed by atoms with E-state index in [1.807, 2.05) is 25.1 Å². The van der Waals surface area contributed by atoms with E-state index in [1.54, 1.807) is 19.1 Å². The first-order valence-corrected chi connectivity index (χ1v) is 9.30. The Kier molecular flexibility index (Phi) is 5.39. The van der Waals surface area contributed by atoms with Gasteiger partial charge in [-0.2, -0.15) is 0 Å². The molecule has 6 nitrogen and oxygen atoms in total. The lowest BCUT2D eigenvalue weighted by molar-refractivity contribution is -0.141. The van der Waals surface area contributed by atoms with Crippen LogP contribution in [0.15, 0.2) is 18.2 Å². The average molecular weight is 360 g/mol. The number of amides is 2. The van der Waals surface area contributed by atoms with E-state index in [-0.39, 0.29) is 17.9 Å². The van der Waals surface area contributed by atoms with Gasteiger partial charge in [-0.3, -0.25) is 9.59 Å². The molecule has 2 amide bonds. The molecule has 2 aliphatic rings. The number of carbonyl (C=O) groups excluding carboxylic acids is 2. The molecule has 26 heavy (non-hydrogen) atoms. The van der Waals surface area contributed by atoms with Crippen LogP contribution in [-0.4, -0.2) is 42.5 Å². The van der Waals surface area contributed by atoms with Gasteiger partial charge in [0.25, 0.3) is 0 Å². The molecule has 0 spiro atoms. The highest BCUT2D eigenvalue weighted by molar-refractivity contribution is 5.94. The molecule has 1 aliphatic carbocycles. The Bertz CT molecular complexity index is 684. The summed E-state index contributed by atoms with van der Waals surface area (Å²) in [5.74, 6) is 1.34. The number of rotatable bonds is 6. The van der Waals surface area contributed by atoms with Gasteiger partial charge >= 0.3 is 0 Å². The van der Waals surface area contributed by atoms with Crippen LogP contribution < -0.4 is 14.8 Å². The van der Waals surface area contributed by atoms with E-state index < -0.39 is 5.54 Å². The molecule has 1 aromatic rings. The van der Waals surface area contributed by atoms with Gasteiger partial charge in [-0.1, -0.05) is 12.8 Å². The number of nitrogens with one attached hydrogen (secondary N) is 1. The third-order valence-corrected chi connectivity index (χ3v) is 5.72. The van der Waals surface area contributed by atoms with E-state index in [4.69, 9.17) is 9.47 Å². The van der Waals surface area contributed by atoms with Crippen LogP contribution in [0.4, 0.5) is 0 Å². The third kappa shape index (κ3) is 3.50. The lowest BCUT2D eigenvalue weighted by Crippen LogP contribution is -2.55. The summed E-state index contributed by atoms with van der Waals surface area (Å²) in [5, 5.41) is 3.16. The van der Waals surface area contributed by atoms with E-state index in [1.165, 1.54) is 0 Å². The van der Waals surface area contributed by atoms with Crippen molar-refractivity contribution < 1.29 is 19.1 Å². The molecule has 0 aromatic heterocycles. The molecule has 0 bridgehead atoms. The van der Waals surface area contributed by atoms with Gasteiger partial charge in [0.15, 0.2) is 0 Å². The van der Waals surface area contributed by atoms with Gasteiger partial charge in [-0.25, -0.2) is 0 Å².